The fourth-order valence-corrected chi connectivity index (χ4v) is 4.04. The van der Waals surface area contributed by atoms with E-state index in [1.54, 1.807) is 6.92 Å². The maximum Gasteiger partial charge on any atom is 0.326 e. The van der Waals surface area contributed by atoms with Crippen LogP contribution in [-0.4, -0.2) is 39.6 Å². The highest BCUT2D eigenvalue weighted by molar-refractivity contribution is 7.92. The maximum atomic E-state index is 13.2. The first kappa shape index (κ1) is 21.2. The lowest BCUT2D eigenvalue weighted by Gasteiger charge is -2.25. The highest BCUT2D eigenvalue weighted by Crippen LogP contribution is 2.32. The van der Waals surface area contributed by atoms with Gasteiger partial charge < -0.3 is 9.47 Å². The highest BCUT2D eigenvalue weighted by atomic mass is 32.2. The predicted octanol–water partition coefficient (Wildman–Crippen LogP) is 2.67. The Morgan fingerprint density at radius 1 is 1.18 bits per heavy atom. The van der Waals surface area contributed by atoms with Crippen LogP contribution in [0.2, 0.25) is 0 Å². The molecule has 0 amide bonds. The third-order valence-electron chi connectivity index (χ3n) is 3.97. The van der Waals surface area contributed by atoms with Gasteiger partial charge in [0.1, 0.15) is 12.3 Å². The number of methoxy groups -OCH3 is 1. The Kier molecular flexibility index (Phi) is 6.57. The molecule has 0 N–H and O–H groups in total. The lowest BCUT2D eigenvalue weighted by molar-refractivity contribution is -0.385. The molecule has 0 fully saturated rings. The Morgan fingerprint density at radius 3 is 2.36 bits per heavy atom. The van der Waals surface area contributed by atoms with Crippen molar-refractivity contribution >= 4 is 27.4 Å². The maximum absolute atomic E-state index is 13.2. The predicted molar refractivity (Wildman–Crippen MR) is 102 cm³/mol. The van der Waals surface area contributed by atoms with E-state index < -0.39 is 27.5 Å². The van der Waals surface area contributed by atoms with Crippen LogP contribution in [0.5, 0.6) is 5.75 Å². The number of hydrogen-bond donors (Lipinski definition) is 0. The van der Waals surface area contributed by atoms with Crippen molar-refractivity contribution < 1.29 is 27.6 Å². The number of sulfonamides is 1. The summed E-state index contributed by atoms with van der Waals surface area (Å²) >= 11 is 0. The molecule has 0 radical (unpaired) electrons. The first-order valence-corrected chi connectivity index (χ1v) is 9.72. The van der Waals surface area contributed by atoms with Crippen LogP contribution >= 0.6 is 0 Å². The summed E-state index contributed by atoms with van der Waals surface area (Å²) in [5.74, 6) is -0.312. The van der Waals surface area contributed by atoms with Gasteiger partial charge in [-0.25, -0.2) is 8.42 Å². The van der Waals surface area contributed by atoms with E-state index in [4.69, 9.17) is 9.47 Å². The first-order chi connectivity index (χ1) is 13.2. The molecule has 0 atom stereocenters. The highest BCUT2D eigenvalue weighted by Gasteiger charge is 2.30. The fourth-order valence-electron chi connectivity index (χ4n) is 2.58. The Morgan fingerprint density at radius 2 is 1.82 bits per heavy atom. The smallest absolute Gasteiger partial charge is 0.326 e. The second-order valence-electron chi connectivity index (χ2n) is 5.67. The average molecular weight is 408 g/mol. The van der Waals surface area contributed by atoms with Crippen molar-refractivity contribution in [2.45, 2.75) is 18.7 Å². The van der Waals surface area contributed by atoms with Gasteiger partial charge in [0.2, 0.25) is 0 Å². The Balaban J connectivity index is 2.60. The zero-order valence-electron chi connectivity index (χ0n) is 15.6. The minimum atomic E-state index is -4.20. The lowest BCUT2D eigenvalue weighted by Crippen LogP contribution is -2.37. The molecule has 0 heterocycles. The van der Waals surface area contributed by atoms with Crippen molar-refractivity contribution in [1.82, 2.24) is 0 Å². The van der Waals surface area contributed by atoms with Crippen LogP contribution < -0.4 is 9.04 Å². The second-order valence-corrected chi connectivity index (χ2v) is 7.53. The van der Waals surface area contributed by atoms with Crippen molar-refractivity contribution in [2.75, 3.05) is 24.6 Å². The quantitative estimate of drug-likeness (QED) is 0.374. The number of carbonyl (C=O) groups is 1. The van der Waals surface area contributed by atoms with Crippen molar-refractivity contribution in [1.29, 1.82) is 0 Å². The van der Waals surface area contributed by atoms with Crippen LogP contribution in [0.25, 0.3) is 0 Å². The minimum Gasteiger partial charge on any atom is -0.497 e. The molecule has 0 saturated carbocycles. The molecule has 0 spiro atoms. The molecule has 9 nitrogen and oxygen atoms in total. The van der Waals surface area contributed by atoms with E-state index in [9.17, 15) is 23.3 Å². The van der Waals surface area contributed by atoms with Crippen LogP contribution in [-0.2, 0) is 19.6 Å². The molecule has 0 aliphatic carbocycles. The molecule has 2 aromatic rings. The van der Waals surface area contributed by atoms with Gasteiger partial charge in [0.25, 0.3) is 15.7 Å². The van der Waals surface area contributed by atoms with Gasteiger partial charge in [0, 0.05) is 6.07 Å². The van der Waals surface area contributed by atoms with Gasteiger partial charge in [0.15, 0.2) is 0 Å². The van der Waals surface area contributed by atoms with Crippen LogP contribution in [0, 0.1) is 17.0 Å². The summed E-state index contributed by atoms with van der Waals surface area (Å²) in [5.41, 5.74) is -0.108. The molecule has 0 bridgehead atoms. The van der Waals surface area contributed by atoms with Crippen molar-refractivity contribution in [3.8, 4) is 5.75 Å². The van der Waals surface area contributed by atoms with Crippen molar-refractivity contribution in [2.24, 2.45) is 0 Å². The number of nitrogens with zero attached hydrogens (tertiary/aromatic N) is 2. The van der Waals surface area contributed by atoms with Gasteiger partial charge in [-0.05, 0) is 44.2 Å². The summed E-state index contributed by atoms with van der Waals surface area (Å²) in [6.45, 7) is 2.47. The first-order valence-electron chi connectivity index (χ1n) is 8.28. The standard InChI is InChI=1S/C18H20N2O7S/c1-4-27-18(21)12-19(16-6-5-7-17(13(16)2)20(22)23)28(24,25)15-10-8-14(26-3)9-11-15/h5-11H,4,12H2,1-3H3. The summed E-state index contributed by atoms with van der Waals surface area (Å²) < 4.78 is 37.1. The third kappa shape index (κ3) is 4.39. The average Bonchev–Trinajstić information content (AvgIpc) is 2.66. The Labute approximate surface area is 162 Å². The summed E-state index contributed by atoms with van der Waals surface area (Å²) in [5, 5.41) is 11.2. The van der Waals surface area contributed by atoms with Crippen LogP contribution in [0.3, 0.4) is 0 Å². The van der Waals surface area contributed by atoms with E-state index in [0.717, 1.165) is 4.31 Å². The molecule has 0 unspecified atom stereocenters. The van der Waals surface area contributed by atoms with E-state index in [0.29, 0.717) is 5.75 Å². The van der Waals surface area contributed by atoms with E-state index in [1.807, 2.05) is 0 Å². The molecular formula is C18H20N2O7S. The normalized spacial score (nSPS) is 11.0. The number of anilines is 1. The number of esters is 1. The number of rotatable bonds is 8. The molecule has 10 heteroatoms. The molecular weight excluding hydrogens is 388 g/mol. The number of carbonyl (C=O) groups excluding carboxylic acids is 1. The summed E-state index contributed by atoms with van der Waals surface area (Å²) in [4.78, 5) is 22.6. The monoisotopic (exact) mass is 408 g/mol. The number of hydrogen-bond acceptors (Lipinski definition) is 7. The van der Waals surface area contributed by atoms with Gasteiger partial charge in [0.05, 0.1) is 34.8 Å². The number of nitro benzene ring substituents is 1. The Hall–Kier alpha value is -3.14. The number of benzene rings is 2. The van der Waals surface area contributed by atoms with E-state index in [1.165, 1.54) is 56.5 Å². The number of ether oxygens (including phenoxy) is 2. The van der Waals surface area contributed by atoms with E-state index in [2.05, 4.69) is 0 Å². The molecule has 2 rings (SSSR count). The lowest BCUT2D eigenvalue weighted by atomic mass is 10.1. The van der Waals surface area contributed by atoms with Gasteiger partial charge >= 0.3 is 5.97 Å². The van der Waals surface area contributed by atoms with Crippen LogP contribution in [0.1, 0.15) is 12.5 Å². The van der Waals surface area contributed by atoms with Crippen molar-refractivity contribution in [3.05, 3.63) is 58.1 Å². The summed E-state index contributed by atoms with van der Waals surface area (Å²) in [6.07, 6.45) is 0. The zero-order chi connectivity index (χ0) is 20.9. The molecule has 0 saturated heterocycles. The van der Waals surface area contributed by atoms with Crippen molar-refractivity contribution in [3.63, 3.8) is 0 Å². The zero-order valence-corrected chi connectivity index (χ0v) is 16.4. The van der Waals surface area contributed by atoms with Gasteiger partial charge in [-0.1, -0.05) is 6.07 Å². The molecule has 0 aromatic heterocycles. The van der Waals surface area contributed by atoms with Crippen LogP contribution in [0.15, 0.2) is 47.4 Å². The minimum absolute atomic E-state index is 0.0260. The van der Waals surface area contributed by atoms with Gasteiger partial charge in [-0.15, -0.1) is 0 Å². The fraction of sp³-hybridized carbons (Fsp3) is 0.278. The summed E-state index contributed by atoms with van der Waals surface area (Å²) in [6, 6.07) is 9.63. The molecule has 2 aromatic carbocycles. The summed E-state index contributed by atoms with van der Waals surface area (Å²) in [7, 11) is -2.76. The Bertz CT molecular complexity index is 972. The van der Waals surface area contributed by atoms with Gasteiger partial charge in [-0.3, -0.25) is 19.2 Å². The molecule has 150 valence electrons. The third-order valence-corrected chi connectivity index (χ3v) is 5.74. The molecule has 0 aliphatic rings. The largest absolute Gasteiger partial charge is 0.497 e. The van der Waals surface area contributed by atoms with Gasteiger partial charge in [-0.2, -0.15) is 0 Å². The second kappa shape index (κ2) is 8.70. The topological polar surface area (TPSA) is 116 Å². The SMILES string of the molecule is CCOC(=O)CN(c1cccc([N+](=O)[O-])c1C)S(=O)(=O)c1ccc(OC)cc1. The molecule has 0 aliphatic heterocycles. The van der Waals surface area contributed by atoms with E-state index in [-0.39, 0.29) is 28.4 Å². The van der Waals surface area contributed by atoms with E-state index >= 15 is 0 Å². The van der Waals surface area contributed by atoms with Crippen LogP contribution in [0.4, 0.5) is 11.4 Å². The number of nitro groups is 1. The molecule has 28 heavy (non-hydrogen) atoms.